The Labute approximate surface area is 185 Å². The lowest BCUT2D eigenvalue weighted by atomic mass is 10.1. The third kappa shape index (κ3) is 6.05. The number of anilines is 1. The van der Waals surface area contributed by atoms with Crippen LogP contribution in [0.15, 0.2) is 53.6 Å². The van der Waals surface area contributed by atoms with Crippen molar-refractivity contribution in [3.05, 3.63) is 54.2 Å². The molecule has 170 valence electrons. The lowest BCUT2D eigenvalue weighted by Gasteiger charge is -2.19. The van der Waals surface area contributed by atoms with E-state index in [9.17, 15) is 18.0 Å². The fourth-order valence-corrected chi connectivity index (χ4v) is 3.92. The summed E-state index contributed by atoms with van der Waals surface area (Å²) in [5.74, 6) is -0.399. The van der Waals surface area contributed by atoms with Gasteiger partial charge in [-0.3, -0.25) is 9.89 Å². The average Bonchev–Trinajstić information content (AvgIpc) is 3.19. The topological polar surface area (TPSA) is 142 Å². The maximum Gasteiger partial charge on any atom is 0.407 e. The van der Waals surface area contributed by atoms with Crippen LogP contribution in [0.25, 0.3) is 10.9 Å². The number of benzene rings is 2. The van der Waals surface area contributed by atoms with Crippen molar-refractivity contribution in [3.8, 4) is 0 Å². The molecule has 0 saturated heterocycles. The van der Waals surface area contributed by atoms with Gasteiger partial charge in [-0.15, -0.1) is 0 Å². The Morgan fingerprint density at radius 3 is 2.59 bits per heavy atom. The number of ether oxygens (including phenoxy) is 1. The molecule has 0 unspecified atom stereocenters. The first-order valence-electron chi connectivity index (χ1n) is 9.85. The van der Waals surface area contributed by atoms with Gasteiger partial charge in [-0.2, -0.15) is 5.10 Å². The summed E-state index contributed by atoms with van der Waals surface area (Å²) in [6, 6.07) is 11.1. The highest BCUT2D eigenvalue weighted by atomic mass is 32.2. The molecule has 0 aliphatic rings. The second-order valence-electron chi connectivity index (χ2n) is 7.95. The van der Waals surface area contributed by atoms with Gasteiger partial charge >= 0.3 is 6.09 Å². The normalized spacial score (nSPS) is 11.8. The largest absolute Gasteiger partial charge is 0.444 e. The van der Waals surface area contributed by atoms with Crippen molar-refractivity contribution >= 4 is 38.6 Å². The zero-order chi connectivity index (χ0) is 23.4. The van der Waals surface area contributed by atoms with Crippen LogP contribution in [0.3, 0.4) is 0 Å². The van der Waals surface area contributed by atoms with Crippen LogP contribution in [0.4, 0.5) is 10.5 Å². The molecule has 32 heavy (non-hydrogen) atoms. The number of alkyl carbamates (subject to hydrolysis) is 1. The van der Waals surface area contributed by atoms with Crippen molar-refractivity contribution in [2.24, 2.45) is 0 Å². The first-order valence-corrected chi connectivity index (χ1v) is 11.3. The third-order valence-electron chi connectivity index (χ3n) is 4.21. The molecule has 0 radical (unpaired) electrons. The van der Waals surface area contributed by atoms with Crippen molar-refractivity contribution in [2.45, 2.75) is 31.3 Å². The van der Waals surface area contributed by atoms with Gasteiger partial charge in [0.1, 0.15) is 5.60 Å². The Kier molecular flexibility index (Phi) is 6.80. The summed E-state index contributed by atoms with van der Waals surface area (Å²) < 4.78 is 32.6. The Hall–Kier alpha value is -3.44. The minimum absolute atomic E-state index is 0.0210. The molecule has 0 spiro atoms. The summed E-state index contributed by atoms with van der Waals surface area (Å²) in [6.45, 7) is 5.22. The first kappa shape index (κ1) is 23.2. The van der Waals surface area contributed by atoms with Gasteiger partial charge < -0.3 is 15.4 Å². The van der Waals surface area contributed by atoms with Crippen molar-refractivity contribution in [1.29, 1.82) is 0 Å². The number of aromatic nitrogens is 2. The second kappa shape index (κ2) is 9.37. The number of hydrogen-bond acceptors (Lipinski definition) is 6. The quantitative estimate of drug-likeness (QED) is 0.400. The number of nitrogens with zero attached hydrogens (tertiary/aromatic N) is 1. The molecular weight excluding hydrogens is 434 g/mol. The molecule has 11 heteroatoms. The number of sulfonamides is 1. The summed E-state index contributed by atoms with van der Waals surface area (Å²) >= 11 is 0. The number of amides is 2. The molecule has 0 bridgehead atoms. The Balaban J connectivity index is 1.61. The van der Waals surface area contributed by atoms with Crippen molar-refractivity contribution in [2.75, 3.05) is 18.4 Å². The zero-order valence-corrected chi connectivity index (χ0v) is 18.7. The fourth-order valence-electron chi connectivity index (χ4n) is 2.85. The molecule has 2 amide bonds. The van der Waals surface area contributed by atoms with Gasteiger partial charge in [0.25, 0.3) is 5.91 Å². The van der Waals surface area contributed by atoms with Crippen LogP contribution >= 0.6 is 0 Å². The highest BCUT2D eigenvalue weighted by molar-refractivity contribution is 7.89. The molecule has 1 aromatic heterocycles. The van der Waals surface area contributed by atoms with Crippen LogP contribution in [-0.2, 0) is 14.8 Å². The molecule has 1 heterocycles. The minimum atomic E-state index is -3.85. The van der Waals surface area contributed by atoms with E-state index in [-0.39, 0.29) is 18.0 Å². The number of aromatic amines is 1. The number of carbonyl (C=O) groups is 2. The SMILES string of the molecule is CC(C)(C)OC(=O)NCCNS(=O)(=O)c1cccc(NC(=O)c2cccc3cn[nH]c23)c1. The number of rotatable bonds is 7. The van der Waals surface area contributed by atoms with E-state index >= 15 is 0 Å². The maximum absolute atomic E-state index is 12.7. The van der Waals surface area contributed by atoms with E-state index in [0.717, 1.165) is 5.39 Å². The monoisotopic (exact) mass is 459 g/mol. The van der Waals surface area contributed by atoms with Crippen molar-refractivity contribution < 1.29 is 22.7 Å². The molecule has 0 aliphatic carbocycles. The predicted octanol–water partition coefficient (Wildman–Crippen LogP) is 2.62. The minimum Gasteiger partial charge on any atom is -0.444 e. The maximum atomic E-state index is 12.7. The molecule has 3 aromatic rings. The molecule has 3 rings (SSSR count). The highest BCUT2D eigenvalue weighted by Crippen LogP contribution is 2.19. The van der Waals surface area contributed by atoms with E-state index < -0.39 is 27.6 Å². The van der Waals surface area contributed by atoms with Gasteiger partial charge in [-0.05, 0) is 45.0 Å². The number of hydrogen-bond donors (Lipinski definition) is 4. The molecule has 0 aliphatic heterocycles. The summed E-state index contributed by atoms with van der Waals surface area (Å²) in [4.78, 5) is 24.3. The standard InChI is InChI=1S/C21H25N5O5S/c1-21(2,3)31-20(28)22-10-11-24-32(29,30)16-8-5-7-15(12-16)25-19(27)17-9-4-6-14-13-23-26-18(14)17/h4-9,12-13,24H,10-11H2,1-3H3,(H,22,28)(H,23,26)(H,25,27). The Morgan fingerprint density at radius 1 is 1.09 bits per heavy atom. The molecule has 10 nitrogen and oxygen atoms in total. The molecule has 0 fully saturated rings. The molecule has 2 aromatic carbocycles. The number of para-hydroxylation sites is 1. The van der Waals surface area contributed by atoms with E-state index in [2.05, 4.69) is 25.6 Å². The summed E-state index contributed by atoms with van der Waals surface area (Å²) in [5.41, 5.74) is 0.658. The summed E-state index contributed by atoms with van der Waals surface area (Å²) in [5, 5.41) is 12.7. The van der Waals surface area contributed by atoms with Gasteiger partial charge in [0.2, 0.25) is 10.0 Å². The average molecular weight is 460 g/mol. The van der Waals surface area contributed by atoms with Gasteiger partial charge in [-0.25, -0.2) is 17.9 Å². The van der Waals surface area contributed by atoms with Gasteiger partial charge in [-0.1, -0.05) is 18.2 Å². The third-order valence-corrected chi connectivity index (χ3v) is 5.67. The Morgan fingerprint density at radius 2 is 1.84 bits per heavy atom. The number of carbonyl (C=O) groups excluding carboxylic acids is 2. The lowest BCUT2D eigenvalue weighted by Crippen LogP contribution is -2.37. The van der Waals surface area contributed by atoms with Gasteiger partial charge in [0, 0.05) is 24.2 Å². The van der Waals surface area contributed by atoms with E-state index in [1.807, 2.05) is 6.07 Å². The predicted molar refractivity (Wildman–Crippen MR) is 120 cm³/mol. The van der Waals surface area contributed by atoms with Gasteiger partial charge in [0.05, 0.1) is 22.2 Å². The van der Waals surface area contributed by atoms with Crippen LogP contribution < -0.4 is 15.4 Å². The molecule has 4 N–H and O–H groups in total. The first-order chi connectivity index (χ1) is 15.0. The van der Waals surface area contributed by atoms with E-state index in [1.165, 1.54) is 18.2 Å². The number of fused-ring (bicyclic) bond motifs is 1. The number of nitrogens with one attached hydrogen (secondary N) is 4. The van der Waals surface area contributed by atoms with Gasteiger partial charge in [0.15, 0.2) is 0 Å². The molecular formula is C21H25N5O5S. The van der Waals surface area contributed by atoms with Crippen molar-refractivity contribution in [3.63, 3.8) is 0 Å². The highest BCUT2D eigenvalue weighted by Gasteiger charge is 2.18. The van der Waals surface area contributed by atoms with Crippen LogP contribution in [-0.4, -0.2) is 49.3 Å². The van der Waals surface area contributed by atoms with E-state index in [0.29, 0.717) is 16.8 Å². The lowest BCUT2D eigenvalue weighted by molar-refractivity contribution is 0.0528. The number of H-pyrrole nitrogens is 1. The second-order valence-corrected chi connectivity index (χ2v) is 9.72. The Bertz CT molecular complexity index is 1230. The smallest absolute Gasteiger partial charge is 0.407 e. The van der Waals surface area contributed by atoms with Crippen LogP contribution in [0.1, 0.15) is 31.1 Å². The summed E-state index contributed by atoms with van der Waals surface area (Å²) in [6.07, 6.45) is 0.983. The molecule has 0 saturated carbocycles. The van der Waals surface area contributed by atoms with Crippen LogP contribution in [0.2, 0.25) is 0 Å². The van der Waals surface area contributed by atoms with E-state index in [1.54, 1.807) is 45.2 Å². The zero-order valence-electron chi connectivity index (χ0n) is 17.9. The van der Waals surface area contributed by atoms with Crippen LogP contribution in [0.5, 0.6) is 0 Å². The fraction of sp³-hybridized carbons (Fsp3) is 0.286. The van der Waals surface area contributed by atoms with Crippen LogP contribution in [0, 0.1) is 0 Å². The van der Waals surface area contributed by atoms with Crippen molar-refractivity contribution in [1.82, 2.24) is 20.2 Å². The molecule has 0 atom stereocenters. The van der Waals surface area contributed by atoms with E-state index in [4.69, 9.17) is 4.74 Å². The summed E-state index contributed by atoms with van der Waals surface area (Å²) in [7, 11) is -3.85.